The molecule has 0 aliphatic carbocycles. The summed E-state index contributed by atoms with van der Waals surface area (Å²) in [5.74, 6) is -0.728. The Bertz CT molecular complexity index is 483. The van der Waals surface area contributed by atoms with Crippen LogP contribution in [0.1, 0.15) is 36.2 Å². The minimum absolute atomic E-state index is 0.182. The van der Waals surface area contributed by atoms with Gasteiger partial charge in [0.1, 0.15) is 5.82 Å². The number of nitrogens with zero attached hydrogens (tertiary/aromatic N) is 1. The number of benzene rings is 1. The SMILES string of the molecule is Cc1cc(Cl)c(C(=O)N(C)CCC(C)(C)N)cc1F. The molecule has 0 atom stereocenters. The lowest BCUT2D eigenvalue weighted by molar-refractivity contribution is 0.0786. The van der Waals surface area contributed by atoms with Crippen molar-refractivity contribution in [2.75, 3.05) is 13.6 Å². The molecular weight excluding hydrogens is 267 g/mol. The number of hydrogen-bond donors (Lipinski definition) is 1. The van der Waals surface area contributed by atoms with Crippen molar-refractivity contribution in [1.82, 2.24) is 4.90 Å². The van der Waals surface area contributed by atoms with E-state index in [0.29, 0.717) is 18.5 Å². The second-order valence-corrected chi connectivity index (χ2v) is 5.95. The Hall–Kier alpha value is -1.13. The Labute approximate surface area is 118 Å². The third-order valence-corrected chi connectivity index (χ3v) is 3.23. The quantitative estimate of drug-likeness (QED) is 0.925. The summed E-state index contributed by atoms with van der Waals surface area (Å²) in [6.45, 7) is 5.89. The highest BCUT2D eigenvalue weighted by Crippen LogP contribution is 2.22. The van der Waals surface area contributed by atoms with Crippen molar-refractivity contribution in [1.29, 1.82) is 0 Å². The molecule has 0 aliphatic heterocycles. The van der Waals surface area contributed by atoms with Crippen LogP contribution >= 0.6 is 11.6 Å². The number of amides is 1. The summed E-state index contributed by atoms with van der Waals surface area (Å²) in [5, 5.41) is 0.266. The molecule has 2 N–H and O–H groups in total. The van der Waals surface area contributed by atoms with Crippen molar-refractivity contribution in [3.05, 3.63) is 34.1 Å². The maximum absolute atomic E-state index is 13.5. The van der Waals surface area contributed by atoms with Gasteiger partial charge in [-0.25, -0.2) is 4.39 Å². The lowest BCUT2D eigenvalue weighted by atomic mass is 10.0. The molecule has 1 amide bonds. The van der Waals surface area contributed by atoms with E-state index in [1.807, 2.05) is 13.8 Å². The van der Waals surface area contributed by atoms with Crippen molar-refractivity contribution in [3.63, 3.8) is 0 Å². The first-order valence-corrected chi connectivity index (χ1v) is 6.49. The highest BCUT2D eigenvalue weighted by Gasteiger charge is 2.19. The number of nitrogens with two attached hydrogens (primary N) is 1. The molecule has 0 saturated heterocycles. The van der Waals surface area contributed by atoms with Crippen LogP contribution in [0.5, 0.6) is 0 Å². The number of carbonyl (C=O) groups is 1. The Morgan fingerprint density at radius 3 is 2.58 bits per heavy atom. The predicted octanol–water partition coefficient (Wildman–Crippen LogP) is 2.99. The second-order valence-electron chi connectivity index (χ2n) is 5.55. The molecular formula is C14H20ClFN2O. The molecule has 1 aromatic carbocycles. The molecule has 19 heavy (non-hydrogen) atoms. The van der Waals surface area contributed by atoms with Crippen molar-refractivity contribution >= 4 is 17.5 Å². The van der Waals surface area contributed by atoms with Gasteiger partial charge in [0.05, 0.1) is 10.6 Å². The van der Waals surface area contributed by atoms with Crippen molar-refractivity contribution in [2.24, 2.45) is 5.73 Å². The molecule has 3 nitrogen and oxygen atoms in total. The summed E-state index contributed by atoms with van der Waals surface area (Å²) < 4.78 is 13.5. The van der Waals surface area contributed by atoms with Gasteiger partial charge in [0.25, 0.3) is 5.91 Å². The number of aryl methyl sites for hydroxylation is 1. The number of rotatable bonds is 4. The topological polar surface area (TPSA) is 46.3 Å². The van der Waals surface area contributed by atoms with E-state index in [9.17, 15) is 9.18 Å². The van der Waals surface area contributed by atoms with Crippen LogP contribution < -0.4 is 5.73 Å². The molecule has 0 saturated carbocycles. The highest BCUT2D eigenvalue weighted by atomic mass is 35.5. The number of hydrogen-bond acceptors (Lipinski definition) is 2. The van der Waals surface area contributed by atoms with E-state index in [-0.39, 0.29) is 22.0 Å². The smallest absolute Gasteiger partial charge is 0.255 e. The van der Waals surface area contributed by atoms with Gasteiger partial charge in [-0.3, -0.25) is 4.79 Å². The molecule has 0 heterocycles. The lowest BCUT2D eigenvalue weighted by Crippen LogP contribution is -2.38. The van der Waals surface area contributed by atoms with E-state index in [1.54, 1.807) is 14.0 Å². The van der Waals surface area contributed by atoms with Gasteiger partial charge in [0.15, 0.2) is 0 Å². The van der Waals surface area contributed by atoms with Crippen LogP contribution in [-0.4, -0.2) is 29.9 Å². The average Bonchev–Trinajstić information content (AvgIpc) is 2.29. The van der Waals surface area contributed by atoms with Gasteiger partial charge < -0.3 is 10.6 Å². The van der Waals surface area contributed by atoms with E-state index in [4.69, 9.17) is 17.3 Å². The summed E-state index contributed by atoms with van der Waals surface area (Å²) in [4.78, 5) is 13.7. The largest absolute Gasteiger partial charge is 0.342 e. The molecule has 0 unspecified atom stereocenters. The molecule has 1 aromatic rings. The number of halogens is 2. The molecule has 5 heteroatoms. The van der Waals surface area contributed by atoms with Gasteiger partial charge in [0, 0.05) is 19.1 Å². The zero-order valence-electron chi connectivity index (χ0n) is 11.8. The summed E-state index contributed by atoms with van der Waals surface area (Å²) in [6, 6.07) is 2.65. The molecule has 0 fully saturated rings. The average molecular weight is 287 g/mol. The van der Waals surface area contributed by atoms with Crippen LogP contribution in [-0.2, 0) is 0 Å². The molecule has 0 radical (unpaired) electrons. The standard InChI is InChI=1S/C14H20ClFN2O/c1-9-7-11(15)10(8-12(9)16)13(19)18(4)6-5-14(2,3)17/h7-8H,5-6,17H2,1-4H3. The Morgan fingerprint density at radius 2 is 2.05 bits per heavy atom. The summed E-state index contributed by atoms with van der Waals surface area (Å²) in [6.07, 6.45) is 0.654. The van der Waals surface area contributed by atoms with Crippen LogP contribution in [0.3, 0.4) is 0 Å². The Kier molecular flexibility index (Phi) is 4.93. The molecule has 1 rings (SSSR count). The van der Waals surface area contributed by atoms with E-state index in [2.05, 4.69) is 0 Å². The maximum atomic E-state index is 13.5. The summed E-state index contributed by atoms with van der Waals surface area (Å²) >= 11 is 5.99. The fraction of sp³-hybridized carbons (Fsp3) is 0.500. The Balaban J connectivity index is 2.86. The van der Waals surface area contributed by atoms with Crippen molar-refractivity contribution < 1.29 is 9.18 Å². The highest BCUT2D eigenvalue weighted by molar-refractivity contribution is 6.33. The molecule has 106 valence electrons. The first-order chi connectivity index (χ1) is 8.61. The van der Waals surface area contributed by atoms with E-state index in [1.165, 1.54) is 17.0 Å². The van der Waals surface area contributed by atoms with Crippen molar-refractivity contribution in [2.45, 2.75) is 32.7 Å². The van der Waals surface area contributed by atoms with E-state index >= 15 is 0 Å². The van der Waals surface area contributed by atoms with Crippen LogP contribution in [0, 0.1) is 12.7 Å². The number of carbonyl (C=O) groups excluding carboxylic acids is 1. The minimum Gasteiger partial charge on any atom is -0.342 e. The first-order valence-electron chi connectivity index (χ1n) is 6.12. The monoisotopic (exact) mass is 286 g/mol. The van der Waals surface area contributed by atoms with Crippen LogP contribution in [0.4, 0.5) is 4.39 Å². The van der Waals surface area contributed by atoms with Gasteiger partial charge in [-0.15, -0.1) is 0 Å². The fourth-order valence-corrected chi connectivity index (χ4v) is 1.87. The lowest BCUT2D eigenvalue weighted by Gasteiger charge is -2.24. The second kappa shape index (κ2) is 5.88. The van der Waals surface area contributed by atoms with Crippen molar-refractivity contribution in [3.8, 4) is 0 Å². The molecule has 0 aliphatic rings. The van der Waals surface area contributed by atoms with Crippen LogP contribution in [0.25, 0.3) is 0 Å². The normalized spacial score (nSPS) is 11.5. The zero-order chi connectivity index (χ0) is 14.8. The third kappa shape index (κ3) is 4.48. The summed E-state index contributed by atoms with van der Waals surface area (Å²) in [7, 11) is 1.65. The summed E-state index contributed by atoms with van der Waals surface area (Å²) in [5.41, 5.74) is 6.13. The van der Waals surface area contributed by atoms with Gasteiger partial charge >= 0.3 is 0 Å². The minimum atomic E-state index is -0.430. The van der Waals surface area contributed by atoms with Gasteiger partial charge in [-0.2, -0.15) is 0 Å². The molecule has 0 bridgehead atoms. The molecule has 0 spiro atoms. The molecule has 0 aromatic heterocycles. The zero-order valence-corrected chi connectivity index (χ0v) is 12.5. The van der Waals surface area contributed by atoms with Crippen LogP contribution in [0.15, 0.2) is 12.1 Å². The van der Waals surface area contributed by atoms with E-state index in [0.717, 1.165) is 0 Å². The van der Waals surface area contributed by atoms with E-state index < -0.39 is 5.82 Å². The van der Waals surface area contributed by atoms with Gasteiger partial charge in [-0.05, 0) is 44.9 Å². The third-order valence-electron chi connectivity index (χ3n) is 2.92. The van der Waals surface area contributed by atoms with Crippen LogP contribution in [0.2, 0.25) is 5.02 Å². The Morgan fingerprint density at radius 1 is 1.47 bits per heavy atom. The fourth-order valence-electron chi connectivity index (χ4n) is 1.57. The predicted molar refractivity (Wildman–Crippen MR) is 76.0 cm³/mol. The maximum Gasteiger partial charge on any atom is 0.255 e. The van der Waals surface area contributed by atoms with Gasteiger partial charge in [-0.1, -0.05) is 11.6 Å². The first kappa shape index (κ1) is 15.9. The van der Waals surface area contributed by atoms with Gasteiger partial charge in [0.2, 0.25) is 0 Å².